The number of piperidine rings is 1. The summed E-state index contributed by atoms with van der Waals surface area (Å²) in [6.07, 6.45) is 5.93. The van der Waals surface area contributed by atoms with Crippen molar-refractivity contribution in [2.24, 2.45) is 5.41 Å². The summed E-state index contributed by atoms with van der Waals surface area (Å²) < 4.78 is 6.27. The summed E-state index contributed by atoms with van der Waals surface area (Å²) in [7, 11) is 0. The average molecular weight is 441 g/mol. The molecule has 3 aliphatic rings. The standard InChI is InChI=1S/C26H36N2O4/c1-4-26(2,3)23(29)25(31)28-19-12-8-14-21(28)24(30)27(16-19)20-13-9-15-22(20)32-17-18-10-6-5-7-11-18/h5-7,10-11,19-22H,4,8-9,12-17H2,1-3H3/t19?,20-,21?,22-/m0/s1. The molecule has 2 unspecified atom stereocenters. The Bertz CT molecular complexity index is 853. The molecule has 0 radical (unpaired) electrons. The molecule has 1 saturated carbocycles. The van der Waals surface area contributed by atoms with Crippen molar-refractivity contribution >= 4 is 17.6 Å². The number of rotatable bonds is 7. The number of hydrogen-bond acceptors (Lipinski definition) is 4. The van der Waals surface area contributed by atoms with Crippen LogP contribution in [0, 0.1) is 5.41 Å². The minimum absolute atomic E-state index is 0.00313. The van der Waals surface area contributed by atoms with Gasteiger partial charge in [0.2, 0.25) is 11.7 Å². The summed E-state index contributed by atoms with van der Waals surface area (Å²) in [5, 5.41) is 0. The molecule has 0 spiro atoms. The maximum Gasteiger partial charge on any atom is 0.291 e. The molecule has 2 heterocycles. The second-order valence-electron chi connectivity index (χ2n) is 10.2. The Morgan fingerprint density at radius 1 is 1.06 bits per heavy atom. The smallest absolute Gasteiger partial charge is 0.291 e. The van der Waals surface area contributed by atoms with Crippen molar-refractivity contribution in [1.29, 1.82) is 0 Å². The number of ketones is 1. The van der Waals surface area contributed by atoms with Gasteiger partial charge in [0.15, 0.2) is 0 Å². The van der Waals surface area contributed by atoms with E-state index in [1.54, 1.807) is 4.90 Å². The third-order valence-electron chi connectivity index (χ3n) is 7.77. The highest BCUT2D eigenvalue weighted by molar-refractivity contribution is 6.38. The molecule has 2 amide bonds. The number of hydrogen-bond donors (Lipinski definition) is 0. The molecule has 1 aromatic carbocycles. The summed E-state index contributed by atoms with van der Waals surface area (Å²) in [5.41, 5.74) is 0.432. The van der Waals surface area contributed by atoms with Crippen LogP contribution in [0.3, 0.4) is 0 Å². The molecular formula is C26H36N2O4. The Labute approximate surface area is 191 Å². The first-order chi connectivity index (χ1) is 15.3. The molecule has 2 aliphatic heterocycles. The van der Waals surface area contributed by atoms with Gasteiger partial charge in [0.25, 0.3) is 5.91 Å². The Balaban J connectivity index is 1.48. The molecule has 4 atom stereocenters. The van der Waals surface area contributed by atoms with Crippen LogP contribution < -0.4 is 0 Å². The van der Waals surface area contributed by atoms with Gasteiger partial charge in [-0.3, -0.25) is 14.4 Å². The maximum absolute atomic E-state index is 13.6. The first-order valence-electron chi connectivity index (χ1n) is 12.2. The van der Waals surface area contributed by atoms with Crippen molar-refractivity contribution in [3.05, 3.63) is 35.9 Å². The molecule has 0 aromatic heterocycles. The van der Waals surface area contributed by atoms with E-state index in [0.717, 1.165) is 37.7 Å². The number of benzene rings is 1. The molecule has 6 heteroatoms. The second kappa shape index (κ2) is 9.34. The zero-order valence-corrected chi connectivity index (χ0v) is 19.6. The van der Waals surface area contributed by atoms with Gasteiger partial charge in [-0.2, -0.15) is 0 Å². The fourth-order valence-corrected chi connectivity index (χ4v) is 5.42. The number of fused-ring (bicyclic) bond motifs is 2. The molecule has 6 nitrogen and oxygen atoms in total. The van der Waals surface area contributed by atoms with Gasteiger partial charge in [-0.05, 0) is 50.5 Å². The predicted molar refractivity (Wildman–Crippen MR) is 122 cm³/mol. The molecule has 4 rings (SSSR count). The number of likely N-dealkylation sites (tertiary alicyclic amines) is 1. The van der Waals surface area contributed by atoms with Gasteiger partial charge in [-0.15, -0.1) is 0 Å². The van der Waals surface area contributed by atoms with E-state index < -0.39 is 17.4 Å². The average Bonchev–Trinajstić information content (AvgIpc) is 3.27. The monoisotopic (exact) mass is 440 g/mol. The van der Waals surface area contributed by atoms with Gasteiger partial charge in [-0.1, -0.05) is 51.1 Å². The molecule has 1 aromatic rings. The second-order valence-corrected chi connectivity index (χ2v) is 10.2. The lowest BCUT2D eigenvalue weighted by Gasteiger charge is -2.51. The molecule has 2 bridgehead atoms. The van der Waals surface area contributed by atoms with Crippen LogP contribution in [0.1, 0.15) is 71.3 Å². The van der Waals surface area contributed by atoms with E-state index in [-0.39, 0.29) is 29.9 Å². The third-order valence-corrected chi connectivity index (χ3v) is 7.77. The highest BCUT2D eigenvalue weighted by atomic mass is 16.5. The number of nitrogens with zero attached hydrogens (tertiary/aromatic N) is 2. The number of Topliss-reactive ketones (excluding diaryl/α,β-unsaturated/α-hetero) is 1. The molecule has 0 N–H and O–H groups in total. The Kier molecular flexibility index (Phi) is 6.70. The number of carbonyl (C=O) groups is 3. The topological polar surface area (TPSA) is 66.9 Å². The minimum Gasteiger partial charge on any atom is -0.371 e. The van der Waals surface area contributed by atoms with Crippen molar-refractivity contribution in [3.8, 4) is 0 Å². The van der Waals surface area contributed by atoms with Gasteiger partial charge < -0.3 is 14.5 Å². The van der Waals surface area contributed by atoms with E-state index in [0.29, 0.717) is 26.0 Å². The van der Waals surface area contributed by atoms with Crippen LogP contribution in [0.2, 0.25) is 0 Å². The first kappa shape index (κ1) is 23.0. The molecule has 1 aliphatic carbocycles. The summed E-state index contributed by atoms with van der Waals surface area (Å²) in [6, 6.07) is 9.58. The van der Waals surface area contributed by atoms with E-state index in [2.05, 4.69) is 12.1 Å². The van der Waals surface area contributed by atoms with Crippen LogP contribution in [0.4, 0.5) is 0 Å². The van der Waals surface area contributed by atoms with Crippen LogP contribution in [0.15, 0.2) is 30.3 Å². The quantitative estimate of drug-likeness (QED) is 0.606. The van der Waals surface area contributed by atoms with Crippen LogP contribution >= 0.6 is 0 Å². The predicted octanol–water partition coefficient (Wildman–Crippen LogP) is 3.72. The van der Waals surface area contributed by atoms with Crippen molar-refractivity contribution < 1.29 is 19.1 Å². The Hall–Kier alpha value is -2.21. The number of carbonyl (C=O) groups excluding carboxylic acids is 3. The van der Waals surface area contributed by atoms with Crippen LogP contribution in [-0.2, 0) is 25.7 Å². The van der Waals surface area contributed by atoms with Gasteiger partial charge in [0, 0.05) is 12.0 Å². The number of piperazine rings is 1. The minimum atomic E-state index is -0.701. The van der Waals surface area contributed by atoms with E-state index in [1.165, 1.54) is 0 Å². The summed E-state index contributed by atoms with van der Waals surface area (Å²) in [4.78, 5) is 43.3. The first-order valence-corrected chi connectivity index (χ1v) is 12.2. The number of ether oxygens (including phenoxy) is 1. The zero-order chi connectivity index (χ0) is 22.9. The molecular weight excluding hydrogens is 404 g/mol. The Morgan fingerprint density at radius 3 is 2.50 bits per heavy atom. The summed E-state index contributed by atoms with van der Waals surface area (Å²) >= 11 is 0. The Morgan fingerprint density at radius 2 is 1.78 bits per heavy atom. The summed E-state index contributed by atoms with van der Waals surface area (Å²) in [6.45, 7) is 6.60. The zero-order valence-electron chi connectivity index (χ0n) is 19.6. The molecule has 2 saturated heterocycles. The van der Waals surface area contributed by atoms with Crippen molar-refractivity contribution in [3.63, 3.8) is 0 Å². The SMILES string of the molecule is CCC(C)(C)C(=O)C(=O)N1C2CCCC1C(=O)N([C@H]1CCC[C@@H]1OCc1ccccc1)C2. The highest BCUT2D eigenvalue weighted by Crippen LogP contribution is 2.36. The van der Waals surface area contributed by atoms with Crippen LogP contribution in [0.25, 0.3) is 0 Å². The lowest BCUT2D eigenvalue weighted by Crippen LogP contribution is -2.69. The molecule has 174 valence electrons. The lowest BCUT2D eigenvalue weighted by molar-refractivity contribution is -0.168. The van der Waals surface area contributed by atoms with Gasteiger partial charge in [-0.25, -0.2) is 0 Å². The lowest BCUT2D eigenvalue weighted by atomic mass is 9.82. The van der Waals surface area contributed by atoms with Crippen molar-refractivity contribution in [1.82, 2.24) is 9.80 Å². The number of amides is 2. The normalized spacial score (nSPS) is 28.2. The van der Waals surface area contributed by atoms with E-state index >= 15 is 0 Å². The molecule has 32 heavy (non-hydrogen) atoms. The fourth-order valence-electron chi connectivity index (χ4n) is 5.42. The van der Waals surface area contributed by atoms with Gasteiger partial charge in [0.1, 0.15) is 6.04 Å². The van der Waals surface area contributed by atoms with Crippen molar-refractivity contribution in [2.45, 2.75) is 96.6 Å². The van der Waals surface area contributed by atoms with E-state index in [1.807, 2.05) is 43.9 Å². The van der Waals surface area contributed by atoms with Gasteiger partial charge in [0.05, 0.1) is 24.8 Å². The maximum atomic E-state index is 13.6. The third kappa shape index (κ3) is 4.34. The summed E-state index contributed by atoms with van der Waals surface area (Å²) in [5.74, 6) is -0.845. The van der Waals surface area contributed by atoms with E-state index in [9.17, 15) is 14.4 Å². The van der Waals surface area contributed by atoms with Crippen molar-refractivity contribution in [2.75, 3.05) is 6.54 Å². The molecule has 3 fully saturated rings. The largest absolute Gasteiger partial charge is 0.371 e. The van der Waals surface area contributed by atoms with Crippen LogP contribution in [-0.4, -0.2) is 58.2 Å². The van der Waals surface area contributed by atoms with E-state index in [4.69, 9.17) is 4.74 Å². The van der Waals surface area contributed by atoms with Crippen LogP contribution in [0.5, 0.6) is 0 Å². The van der Waals surface area contributed by atoms with Gasteiger partial charge >= 0.3 is 0 Å². The highest BCUT2D eigenvalue weighted by Gasteiger charge is 2.51. The fraction of sp³-hybridized carbons (Fsp3) is 0.654.